The molecule has 1 saturated carbocycles. The van der Waals surface area contributed by atoms with Crippen LogP contribution in [0, 0.1) is 0 Å². The van der Waals surface area contributed by atoms with E-state index in [9.17, 15) is 9.59 Å². The number of rotatable bonds is 6. The maximum absolute atomic E-state index is 13.6. The average Bonchev–Trinajstić information content (AvgIpc) is 3.22. The summed E-state index contributed by atoms with van der Waals surface area (Å²) in [6.45, 7) is 1.34. The first-order valence-corrected chi connectivity index (χ1v) is 10.9. The molecule has 4 rings (SSSR count). The van der Waals surface area contributed by atoms with E-state index in [4.69, 9.17) is 16.3 Å². The highest BCUT2D eigenvalue weighted by Gasteiger charge is 2.55. The van der Waals surface area contributed by atoms with Crippen LogP contribution in [0.2, 0.25) is 5.02 Å². The number of hydrogen-bond donors (Lipinski definition) is 1. The van der Waals surface area contributed by atoms with Crippen molar-refractivity contribution >= 4 is 23.4 Å². The molecule has 2 aromatic rings. The molecule has 1 spiro atoms. The molecule has 2 amide bonds. The lowest BCUT2D eigenvalue weighted by Gasteiger charge is -2.50. The van der Waals surface area contributed by atoms with Gasteiger partial charge in [-0.1, -0.05) is 54.8 Å². The minimum Gasteiger partial charge on any atom is -0.383 e. The van der Waals surface area contributed by atoms with E-state index >= 15 is 0 Å². The van der Waals surface area contributed by atoms with Crippen molar-refractivity contribution in [1.82, 2.24) is 10.2 Å². The number of nitrogens with zero attached hydrogens (tertiary/aromatic N) is 1. The second-order valence-corrected chi connectivity index (χ2v) is 8.56. The lowest BCUT2D eigenvalue weighted by molar-refractivity contribution is -0.126. The number of ether oxygens (including phenoxy) is 1. The number of benzene rings is 2. The summed E-state index contributed by atoms with van der Waals surface area (Å²) in [5, 5.41) is 3.76. The Morgan fingerprint density at radius 1 is 1.20 bits per heavy atom. The number of carbonyl (C=O) groups excluding carboxylic acids is 2. The van der Waals surface area contributed by atoms with E-state index in [1.807, 2.05) is 53.4 Å². The standard InChI is InChI=1S/C24H27ClN2O3/c1-30-14-13-27-23(29)20-10-3-2-9-19(20)21(24(27)11-4-5-12-24)22(28)26-16-17-7-6-8-18(25)15-17/h2-3,6-10,15,21H,4-5,11-14,16H2,1H3,(H,26,28). The highest BCUT2D eigenvalue weighted by molar-refractivity contribution is 6.30. The highest BCUT2D eigenvalue weighted by atomic mass is 35.5. The first-order valence-electron chi connectivity index (χ1n) is 10.5. The molecule has 158 valence electrons. The normalized spacial score (nSPS) is 19.7. The Kier molecular flexibility index (Phi) is 6.11. The van der Waals surface area contributed by atoms with Crippen molar-refractivity contribution < 1.29 is 14.3 Å². The third kappa shape index (κ3) is 3.72. The van der Waals surface area contributed by atoms with Crippen LogP contribution in [-0.4, -0.2) is 42.5 Å². The van der Waals surface area contributed by atoms with Crippen LogP contribution in [0.1, 0.15) is 53.1 Å². The van der Waals surface area contributed by atoms with Gasteiger partial charge in [0.05, 0.1) is 18.1 Å². The van der Waals surface area contributed by atoms with Crippen LogP contribution in [0.4, 0.5) is 0 Å². The number of amides is 2. The minimum absolute atomic E-state index is 0.00319. The highest BCUT2D eigenvalue weighted by Crippen LogP contribution is 2.50. The SMILES string of the molecule is COCCN1C(=O)c2ccccc2C(C(=O)NCc2cccc(Cl)c2)C12CCCC2. The average molecular weight is 427 g/mol. The predicted octanol–water partition coefficient (Wildman–Crippen LogP) is 4.16. The van der Waals surface area contributed by atoms with Gasteiger partial charge in [-0.05, 0) is 42.2 Å². The fourth-order valence-corrected chi connectivity index (χ4v) is 5.33. The van der Waals surface area contributed by atoms with E-state index < -0.39 is 11.5 Å². The molecule has 2 aliphatic rings. The maximum Gasteiger partial charge on any atom is 0.254 e. The largest absolute Gasteiger partial charge is 0.383 e. The Hall–Kier alpha value is -2.37. The van der Waals surface area contributed by atoms with Gasteiger partial charge in [0.2, 0.25) is 5.91 Å². The van der Waals surface area contributed by atoms with Crippen LogP contribution in [0.15, 0.2) is 48.5 Å². The molecule has 5 nitrogen and oxygen atoms in total. The summed E-state index contributed by atoms with van der Waals surface area (Å²) < 4.78 is 5.29. The van der Waals surface area contributed by atoms with Crippen molar-refractivity contribution in [3.63, 3.8) is 0 Å². The van der Waals surface area contributed by atoms with Gasteiger partial charge in [-0.25, -0.2) is 0 Å². The molecule has 30 heavy (non-hydrogen) atoms. The van der Waals surface area contributed by atoms with E-state index in [1.54, 1.807) is 7.11 Å². The van der Waals surface area contributed by atoms with Gasteiger partial charge >= 0.3 is 0 Å². The Labute approximate surface area is 182 Å². The summed E-state index contributed by atoms with van der Waals surface area (Å²) in [7, 11) is 1.64. The predicted molar refractivity (Wildman–Crippen MR) is 117 cm³/mol. The van der Waals surface area contributed by atoms with Crippen molar-refractivity contribution in [2.45, 2.75) is 43.7 Å². The van der Waals surface area contributed by atoms with Crippen molar-refractivity contribution in [2.24, 2.45) is 0 Å². The Morgan fingerprint density at radius 2 is 1.97 bits per heavy atom. The van der Waals surface area contributed by atoms with Crippen LogP contribution in [0.3, 0.4) is 0 Å². The zero-order chi connectivity index (χ0) is 21.1. The number of halogens is 1. The maximum atomic E-state index is 13.6. The molecule has 1 aliphatic carbocycles. The Bertz CT molecular complexity index is 940. The van der Waals surface area contributed by atoms with E-state index in [2.05, 4.69) is 5.32 Å². The second-order valence-electron chi connectivity index (χ2n) is 8.13. The zero-order valence-electron chi connectivity index (χ0n) is 17.2. The number of fused-ring (bicyclic) bond motifs is 1. The topological polar surface area (TPSA) is 58.6 Å². The molecule has 1 aliphatic heterocycles. The summed E-state index contributed by atoms with van der Waals surface area (Å²) in [5.41, 5.74) is 1.91. The number of hydrogen-bond acceptors (Lipinski definition) is 3. The van der Waals surface area contributed by atoms with Crippen molar-refractivity contribution in [3.05, 3.63) is 70.2 Å². The molecule has 6 heteroatoms. The lowest BCUT2D eigenvalue weighted by Crippen LogP contribution is -2.61. The van der Waals surface area contributed by atoms with E-state index in [-0.39, 0.29) is 11.8 Å². The van der Waals surface area contributed by atoms with E-state index in [1.165, 1.54) is 0 Å². The molecular weight excluding hydrogens is 400 g/mol. The fourth-order valence-electron chi connectivity index (χ4n) is 5.11. The number of methoxy groups -OCH3 is 1. The van der Waals surface area contributed by atoms with E-state index in [0.717, 1.165) is 36.8 Å². The molecule has 1 heterocycles. The van der Waals surface area contributed by atoms with Gasteiger partial charge < -0.3 is 15.0 Å². The third-order valence-electron chi connectivity index (χ3n) is 6.43. The second kappa shape index (κ2) is 8.78. The van der Waals surface area contributed by atoms with Gasteiger partial charge in [0, 0.05) is 30.8 Å². The minimum atomic E-state index is -0.498. The van der Waals surface area contributed by atoms with Crippen molar-refractivity contribution in [3.8, 4) is 0 Å². The molecule has 1 atom stereocenters. The Morgan fingerprint density at radius 3 is 2.70 bits per heavy atom. The molecule has 0 radical (unpaired) electrons. The smallest absolute Gasteiger partial charge is 0.254 e. The van der Waals surface area contributed by atoms with Gasteiger partial charge in [0.25, 0.3) is 5.91 Å². The first kappa shape index (κ1) is 20.9. The Balaban J connectivity index is 1.70. The van der Waals surface area contributed by atoms with Crippen LogP contribution >= 0.6 is 11.6 Å². The fraction of sp³-hybridized carbons (Fsp3) is 0.417. The van der Waals surface area contributed by atoms with Crippen molar-refractivity contribution in [1.29, 1.82) is 0 Å². The summed E-state index contributed by atoms with van der Waals surface area (Å²) >= 11 is 6.09. The number of nitrogens with one attached hydrogen (secondary N) is 1. The van der Waals surface area contributed by atoms with Crippen LogP contribution in [-0.2, 0) is 16.1 Å². The van der Waals surface area contributed by atoms with Crippen LogP contribution in [0.25, 0.3) is 0 Å². The van der Waals surface area contributed by atoms with Crippen LogP contribution < -0.4 is 5.32 Å². The lowest BCUT2D eigenvalue weighted by atomic mass is 9.71. The van der Waals surface area contributed by atoms with Gasteiger partial charge in [-0.2, -0.15) is 0 Å². The monoisotopic (exact) mass is 426 g/mol. The molecule has 0 aromatic heterocycles. The number of carbonyl (C=O) groups is 2. The van der Waals surface area contributed by atoms with Gasteiger partial charge in [-0.15, -0.1) is 0 Å². The summed E-state index contributed by atoms with van der Waals surface area (Å²) in [5.74, 6) is -0.437. The molecule has 1 N–H and O–H groups in total. The zero-order valence-corrected chi connectivity index (χ0v) is 18.0. The van der Waals surface area contributed by atoms with Gasteiger partial charge in [-0.3, -0.25) is 9.59 Å². The third-order valence-corrected chi connectivity index (χ3v) is 6.66. The van der Waals surface area contributed by atoms with Gasteiger partial charge in [0.15, 0.2) is 0 Å². The quantitative estimate of drug-likeness (QED) is 0.754. The van der Waals surface area contributed by atoms with E-state index in [0.29, 0.717) is 30.3 Å². The molecular formula is C24H27ClN2O3. The summed E-state index contributed by atoms with van der Waals surface area (Å²) in [6, 6.07) is 15.0. The molecule has 2 aromatic carbocycles. The molecule has 0 bridgehead atoms. The summed E-state index contributed by atoms with van der Waals surface area (Å²) in [6.07, 6.45) is 3.67. The first-order chi connectivity index (χ1) is 14.6. The molecule has 1 fully saturated rings. The molecule has 1 unspecified atom stereocenters. The summed E-state index contributed by atoms with van der Waals surface area (Å²) in [4.78, 5) is 28.9. The van der Waals surface area contributed by atoms with Gasteiger partial charge in [0.1, 0.15) is 0 Å². The van der Waals surface area contributed by atoms with Crippen LogP contribution in [0.5, 0.6) is 0 Å². The van der Waals surface area contributed by atoms with Crippen molar-refractivity contribution in [2.75, 3.05) is 20.3 Å². The molecule has 0 saturated heterocycles.